The number of phenolic OH excluding ortho intramolecular Hbond substituents is 1. The minimum atomic E-state index is -1.27. The Kier molecular flexibility index (Phi) is 5.95. The van der Waals surface area contributed by atoms with Gasteiger partial charge >= 0.3 is 6.09 Å². The van der Waals surface area contributed by atoms with Crippen LogP contribution in [0.3, 0.4) is 0 Å². The lowest BCUT2D eigenvalue weighted by molar-refractivity contribution is -0.158. The van der Waals surface area contributed by atoms with Crippen LogP contribution in [0.2, 0.25) is 0 Å². The van der Waals surface area contributed by atoms with Gasteiger partial charge in [0.1, 0.15) is 11.8 Å². The number of aromatic hydroxyl groups is 1. The molecular weight excluding hydrogens is 462 g/mol. The first-order chi connectivity index (χ1) is 17.4. The average molecular weight is 488 g/mol. The molecule has 5 rings (SSSR count). The number of nitrogens with zero attached hydrogens (tertiary/aromatic N) is 4. The highest BCUT2D eigenvalue weighted by Crippen LogP contribution is 2.32. The first-order valence-electron chi connectivity index (χ1n) is 11.4. The number of amides is 3. The van der Waals surface area contributed by atoms with Crippen molar-refractivity contribution >= 4 is 28.8 Å². The number of aromatic nitrogens is 1. The normalized spacial score (nSPS) is 18.4. The fraction of sp³-hybridized carbons (Fsp3) is 0.192. The van der Waals surface area contributed by atoms with E-state index in [2.05, 4.69) is 11.6 Å². The van der Waals surface area contributed by atoms with E-state index in [0.717, 1.165) is 27.0 Å². The van der Waals surface area contributed by atoms with E-state index in [4.69, 9.17) is 0 Å². The van der Waals surface area contributed by atoms with E-state index in [1.807, 2.05) is 30.5 Å². The van der Waals surface area contributed by atoms with Gasteiger partial charge in [0.25, 0.3) is 5.91 Å². The molecule has 184 valence electrons. The number of hydrogen-bond donors (Lipinski definition) is 3. The van der Waals surface area contributed by atoms with Gasteiger partial charge in [-0.2, -0.15) is 10.0 Å². The summed E-state index contributed by atoms with van der Waals surface area (Å²) in [6.45, 7) is 3.78. The standard InChI is InChI=1S/C26H25N5O5/c1-2-12-29-16-23(33)30-21(13-17-6-8-20(32)9-7-17)25(34)28(15-22(30)31(29)26(35)36)14-19-5-3-4-18-10-11-27-24(18)19/h2-11,15,21,27,32H,1,12-14,16H2,(H,35,36). The monoisotopic (exact) mass is 487 g/mol. The maximum absolute atomic E-state index is 13.8. The third kappa shape index (κ3) is 4.07. The van der Waals surface area contributed by atoms with Crippen molar-refractivity contribution in [1.82, 2.24) is 24.8 Å². The van der Waals surface area contributed by atoms with Gasteiger partial charge in [-0.25, -0.2) is 4.79 Å². The number of phenols is 1. The summed E-state index contributed by atoms with van der Waals surface area (Å²) in [7, 11) is 0. The van der Waals surface area contributed by atoms with Crippen LogP contribution in [0.1, 0.15) is 11.1 Å². The molecule has 1 unspecified atom stereocenters. The van der Waals surface area contributed by atoms with Crippen molar-refractivity contribution in [2.75, 3.05) is 13.1 Å². The van der Waals surface area contributed by atoms with E-state index in [-0.39, 0.29) is 49.4 Å². The number of carbonyl (C=O) groups excluding carboxylic acids is 2. The van der Waals surface area contributed by atoms with Crippen molar-refractivity contribution in [2.24, 2.45) is 0 Å². The van der Waals surface area contributed by atoms with E-state index in [1.165, 1.54) is 39.2 Å². The number of hydrazine groups is 1. The number of rotatable bonds is 6. The maximum atomic E-state index is 13.8. The fourth-order valence-corrected chi connectivity index (χ4v) is 4.77. The van der Waals surface area contributed by atoms with E-state index >= 15 is 0 Å². The molecule has 10 nitrogen and oxygen atoms in total. The summed E-state index contributed by atoms with van der Waals surface area (Å²) in [5.74, 6) is -0.543. The van der Waals surface area contributed by atoms with E-state index in [0.29, 0.717) is 0 Å². The highest BCUT2D eigenvalue weighted by atomic mass is 16.4. The van der Waals surface area contributed by atoms with Gasteiger partial charge in [0.05, 0.1) is 24.8 Å². The molecule has 2 aliphatic heterocycles. The maximum Gasteiger partial charge on any atom is 0.428 e. The number of H-pyrrole nitrogens is 1. The first kappa shape index (κ1) is 23.2. The summed E-state index contributed by atoms with van der Waals surface area (Å²) in [6.07, 6.45) is 3.65. The molecule has 0 radical (unpaired) electrons. The smallest absolute Gasteiger partial charge is 0.428 e. The minimum absolute atomic E-state index is 0.0844. The van der Waals surface area contributed by atoms with Crippen molar-refractivity contribution in [3.63, 3.8) is 0 Å². The third-order valence-corrected chi connectivity index (χ3v) is 6.38. The zero-order valence-electron chi connectivity index (χ0n) is 19.4. The van der Waals surface area contributed by atoms with Crippen LogP contribution >= 0.6 is 0 Å². The summed E-state index contributed by atoms with van der Waals surface area (Å²) in [5, 5.41) is 23.1. The third-order valence-electron chi connectivity index (χ3n) is 6.38. The van der Waals surface area contributed by atoms with E-state index in [1.54, 1.807) is 12.1 Å². The highest BCUT2D eigenvalue weighted by Gasteiger charge is 2.47. The lowest BCUT2D eigenvalue weighted by Gasteiger charge is -2.48. The number of fused-ring (bicyclic) bond motifs is 2. The van der Waals surface area contributed by atoms with Crippen LogP contribution in [0.15, 0.2) is 79.4 Å². The number of nitrogens with one attached hydrogen (secondary N) is 1. The Hall–Kier alpha value is -4.57. The minimum Gasteiger partial charge on any atom is -0.508 e. The van der Waals surface area contributed by atoms with Crippen molar-refractivity contribution in [2.45, 2.75) is 19.0 Å². The number of hydrogen-bond acceptors (Lipinski definition) is 5. The molecule has 0 spiro atoms. The second-order valence-electron chi connectivity index (χ2n) is 8.69. The lowest BCUT2D eigenvalue weighted by atomic mass is 10.0. The SMILES string of the molecule is C=CCN1CC(=O)N2C(=CN(Cc3cccc4cc[nH]c34)C(=O)C2Cc2ccc(O)cc2)N1C(=O)O. The van der Waals surface area contributed by atoms with Gasteiger partial charge in [-0.1, -0.05) is 36.4 Å². The van der Waals surface area contributed by atoms with Gasteiger partial charge in [-0.05, 0) is 34.7 Å². The van der Waals surface area contributed by atoms with Crippen LogP contribution in [-0.2, 0) is 22.6 Å². The summed E-state index contributed by atoms with van der Waals surface area (Å²) in [5.41, 5.74) is 2.46. The summed E-state index contributed by atoms with van der Waals surface area (Å²) >= 11 is 0. The Morgan fingerprint density at radius 2 is 1.92 bits per heavy atom. The van der Waals surface area contributed by atoms with Gasteiger partial charge in [0.15, 0.2) is 5.82 Å². The highest BCUT2D eigenvalue weighted by molar-refractivity contribution is 5.93. The zero-order chi connectivity index (χ0) is 25.4. The molecule has 10 heteroatoms. The van der Waals surface area contributed by atoms with Crippen LogP contribution < -0.4 is 0 Å². The van der Waals surface area contributed by atoms with Gasteiger partial charge < -0.3 is 20.1 Å². The Balaban J connectivity index is 1.59. The molecule has 3 aromatic rings. The predicted octanol–water partition coefficient (Wildman–Crippen LogP) is 2.85. The molecule has 1 fully saturated rings. The topological polar surface area (TPSA) is 120 Å². The summed E-state index contributed by atoms with van der Waals surface area (Å²) in [4.78, 5) is 45.3. The lowest BCUT2D eigenvalue weighted by Crippen LogP contribution is -2.66. The largest absolute Gasteiger partial charge is 0.508 e. The zero-order valence-corrected chi connectivity index (χ0v) is 19.4. The molecule has 0 saturated carbocycles. The van der Waals surface area contributed by atoms with Crippen molar-refractivity contribution in [3.8, 4) is 5.75 Å². The molecule has 3 N–H and O–H groups in total. The molecule has 1 aromatic heterocycles. The van der Waals surface area contributed by atoms with Crippen LogP contribution in [0.4, 0.5) is 4.79 Å². The van der Waals surface area contributed by atoms with Gasteiger partial charge in [0, 0.05) is 19.2 Å². The molecule has 2 aromatic carbocycles. The first-order valence-corrected chi connectivity index (χ1v) is 11.4. The second kappa shape index (κ2) is 9.23. The molecular formula is C26H25N5O5. The van der Waals surface area contributed by atoms with E-state index < -0.39 is 12.1 Å². The molecule has 1 atom stereocenters. The molecule has 36 heavy (non-hydrogen) atoms. The molecule has 3 heterocycles. The second-order valence-corrected chi connectivity index (χ2v) is 8.69. The van der Waals surface area contributed by atoms with Crippen LogP contribution in [0.5, 0.6) is 5.75 Å². The number of para-hydroxylation sites is 1. The van der Waals surface area contributed by atoms with Crippen LogP contribution in [0.25, 0.3) is 10.9 Å². The van der Waals surface area contributed by atoms with E-state index in [9.17, 15) is 24.6 Å². The number of carboxylic acid groups (broad SMARTS) is 1. The summed E-state index contributed by atoms with van der Waals surface area (Å²) < 4.78 is 0. The predicted molar refractivity (Wildman–Crippen MR) is 131 cm³/mol. The van der Waals surface area contributed by atoms with Gasteiger partial charge in [-0.15, -0.1) is 6.58 Å². The Morgan fingerprint density at radius 1 is 1.14 bits per heavy atom. The summed E-state index contributed by atoms with van der Waals surface area (Å²) in [6, 6.07) is 13.1. The quantitative estimate of drug-likeness (QED) is 0.460. The molecule has 0 bridgehead atoms. The Bertz CT molecular complexity index is 1380. The molecule has 1 saturated heterocycles. The van der Waals surface area contributed by atoms with Gasteiger partial charge in [0.2, 0.25) is 5.91 Å². The molecule has 2 aliphatic rings. The number of benzene rings is 2. The average Bonchev–Trinajstić information content (AvgIpc) is 3.33. The number of aromatic amines is 1. The Labute approximate surface area is 206 Å². The van der Waals surface area contributed by atoms with Gasteiger partial charge in [-0.3, -0.25) is 14.5 Å². The fourth-order valence-electron chi connectivity index (χ4n) is 4.77. The van der Waals surface area contributed by atoms with Crippen LogP contribution in [-0.4, -0.2) is 72.1 Å². The van der Waals surface area contributed by atoms with Crippen molar-refractivity contribution in [1.29, 1.82) is 0 Å². The number of carbonyl (C=O) groups is 3. The molecule has 0 aliphatic carbocycles. The van der Waals surface area contributed by atoms with Crippen LogP contribution in [0, 0.1) is 0 Å². The molecule has 3 amide bonds. The van der Waals surface area contributed by atoms with Crippen molar-refractivity contribution < 1.29 is 24.6 Å². The Morgan fingerprint density at radius 3 is 2.64 bits per heavy atom. The van der Waals surface area contributed by atoms with Crippen molar-refractivity contribution in [3.05, 3.63) is 90.5 Å².